The van der Waals surface area contributed by atoms with Gasteiger partial charge in [0.15, 0.2) is 0 Å². The average molecular weight is 327 g/mol. The number of nitrogens with one attached hydrogen (secondary N) is 2. The topological polar surface area (TPSA) is 49.8 Å². The molecule has 4 nitrogen and oxygen atoms in total. The van der Waals surface area contributed by atoms with E-state index < -0.39 is 0 Å². The summed E-state index contributed by atoms with van der Waals surface area (Å²) in [7, 11) is 0. The first-order valence-electron chi connectivity index (χ1n) is 7.63. The highest BCUT2D eigenvalue weighted by molar-refractivity contribution is 6.31. The second-order valence-corrected chi connectivity index (χ2v) is 5.87. The first-order chi connectivity index (χ1) is 11.2. The molecule has 2 heterocycles. The lowest BCUT2D eigenvalue weighted by atomic mass is 10.1. The third kappa shape index (κ3) is 4.18. The highest BCUT2D eigenvalue weighted by Crippen LogP contribution is 2.26. The number of aromatic nitrogens is 2. The Labute approximate surface area is 140 Å². The van der Waals surface area contributed by atoms with E-state index in [9.17, 15) is 0 Å². The summed E-state index contributed by atoms with van der Waals surface area (Å²) in [4.78, 5) is 8.65. The van der Waals surface area contributed by atoms with E-state index in [0.717, 1.165) is 46.9 Å². The number of nitrogens with zero attached hydrogens (tertiary/aromatic N) is 2. The Morgan fingerprint density at radius 3 is 2.87 bits per heavy atom. The van der Waals surface area contributed by atoms with E-state index in [0.29, 0.717) is 0 Å². The van der Waals surface area contributed by atoms with Crippen molar-refractivity contribution in [3.63, 3.8) is 0 Å². The van der Waals surface area contributed by atoms with Crippen molar-refractivity contribution >= 4 is 28.2 Å². The number of halogens is 1. The van der Waals surface area contributed by atoms with E-state index >= 15 is 0 Å². The molecule has 0 aliphatic heterocycles. The second kappa shape index (κ2) is 7.40. The van der Waals surface area contributed by atoms with Crippen LogP contribution in [-0.4, -0.2) is 23.1 Å². The number of aryl methyl sites for hydroxylation is 1. The van der Waals surface area contributed by atoms with Gasteiger partial charge in [0, 0.05) is 53.8 Å². The standard InChI is InChI=1S/C18H19ClN4/c1-13-9-18(16-10-15(19)4-5-17(16)23-13)22-8-7-21-12-14-3-2-6-20-11-14/h2-6,9-11,21H,7-8,12H2,1H3,(H,22,23). The molecule has 0 aliphatic carbocycles. The highest BCUT2D eigenvalue weighted by Gasteiger charge is 2.04. The zero-order chi connectivity index (χ0) is 16.1. The molecule has 0 bridgehead atoms. The summed E-state index contributed by atoms with van der Waals surface area (Å²) in [5.74, 6) is 0. The van der Waals surface area contributed by atoms with Crippen molar-refractivity contribution in [2.75, 3.05) is 18.4 Å². The van der Waals surface area contributed by atoms with Crippen LogP contribution in [0.4, 0.5) is 5.69 Å². The van der Waals surface area contributed by atoms with Gasteiger partial charge in [-0.1, -0.05) is 17.7 Å². The molecule has 0 aliphatic rings. The number of benzene rings is 1. The van der Waals surface area contributed by atoms with Crippen LogP contribution in [0, 0.1) is 6.92 Å². The highest BCUT2D eigenvalue weighted by atomic mass is 35.5. The van der Waals surface area contributed by atoms with Crippen molar-refractivity contribution in [1.29, 1.82) is 0 Å². The molecule has 0 fully saturated rings. The summed E-state index contributed by atoms with van der Waals surface area (Å²) in [6, 6.07) is 11.8. The smallest absolute Gasteiger partial charge is 0.0726 e. The molecule has 0 amide bonds. The Morgan fingerprint density at radius 2 is 2.04 bits per heavy atom. The zero-order valence-corrected chi connectivity index (χ0v) is 13.8. The summed E-state index contributed by atoms with van der Waals surface area (Å²) in [6.45, 7) is 4.50. The largest absolute Gasteiger partial charge is 0.383 e. The van der Waals surface area contributed by atoms with Crippen LogP contribution in [0.3, 0.4) is 0 Å². The second-order valence-electron chi connectivity index (χ2n) is 5.44. The molecule has 0 saturated heterocycles. The SMILES string of the molecule is Cc1cc(NCCNCc2cccnc2)c2cc(Cl)ccc2n1. The van der Waals surface area contributed by atoms with Crippen molar-refractivity contribution in [1.82, 2.24) is 15.3 Å². The number of fused-ring (bicyclic) bond motifs is 1. The van der Waals surface area contributed by atoms with Crippen LogP contribution in [0.25, 0.3) is 10.9 Å². The lowest BCUT2D eigenvalue weighted by Crippen LogP contribution is -2.22. The molecule has 0 unspecified atom stereocenters. The minimum atomic E-state index is 0.723. The van der Waals surface area contributed by atoms with Crippen molar-refractivity contribution in [3.8, 4) is 0 Å². The Morgan fingerprint density at radius 1 is 1.13 bits per heavy atom. The molecule has 2 aromatic heterocycles. The number of anilines is 1. The average Bonchev–Trinajstić information content (AvgIpc) is 2.56. The molecule has 3 aromatic rings. The van der Waals surface area contributed by atoms with Crippen LogP contribution in [0.15, 0.2) is 48.8 Å². The van der Waals surface area contributed by atoms with Gasteiger partial charge in [0.1, 0.15) is 0 Å². The Bertz CT molecular complexity index is 790. The van der Waals surface area contributed by atoms with E-state index in [4.69, 9.17) is 11.6 Å². The van der Waals surface area contributed by atoms with Gasteiger partial charge >= 0.3 is 0 Å². The lowest BCUT2D eigenvalue weighted by Gasteiger charge is -2.11. The maximum Gasteiger partial charge on any atom is 0.0726 e. The van der Waals surface area contributed by atoms with Crippen LogP contribution < -0.4 is 10.6 Å². The van der Waals surface area contributed by atoms with Gasteiger partial charge in [-0.3, -0.25) is 9.97 Å². The summed E-state index contributed by atoms with van der Waals surface area (Å²) in [5, 5.41) is 8.64. The fraction of sp³-hybridized carbons (Fsp3) is 0.222. The molecule has 118 valence electrons. The maximum absolute atomic E-state index is 6.11. The minimum Gasteiger partial charge on any atom is -0.383 e. The summed E-state index contributed by atoms with van der Waals surface area (Å²) < 4.78 is 0. The minimum absolute atomic E-state index is 0.723. The number of rotatable bonds is 6. The van der Waals surface area contributed by atoms with Crippen LogP contribution in [0.2, 0.25) is 5.02 Å². The third-order valence-corrected chi connectivity index (χ3v) is 3.80. The molecular weight excluding hydrogens is 308 g/mol. The molecular formula is C18H19ClN4. The molecule has 1 aromatic carbocycles. The summed E-state index contributed by atoms with van der Waals surface area (Å²) in [5.41, 5.74) is 4.20. The van der Waals surface area contributed by atoms with Gasteiger partial charge in [-0.25, -0.2) is 0 Å². The molecule has 0 saturated carbocycles. The lowest BCUT2D eigenvalue weighted by molar-refractivity contribution is 0.705. The van der Waals surface area contributed by atoms with Gasteiger partial charge < -0.3 is 10.6 Å². The Balaban J connectivity index is 1.60. The fourth-order valence-electron chi connectivity index (χ4n) is 2.50. The van der Waals surface area contributed by atoms with Gasteiger partial charge in [0.25, 0.3) is 0 Å². The monoisotopic (exact) mass is 326 g/mol. The van der Waals surface area contributed by atoms with Crippen LogP contribution in [-0.2, 0) is 6.54 Å². The van der Waals surface area contributed by atoms with Crippen LogP contribution >= 0.6 is 11.6 Å². The van der Waals surface area contributed by atoms with E-state index in [2.05, 4.69) is 32.7 Å². The number of hydrogen-bond acceptors (Lipinski definition) is 4. The predicted octanol–water partition coefficient (Wildman–Crippen LogP) is 3.79. The van der Waals surface area contributed by atoms with E-state index in [1.54, 1.807) is 6.20 Å². The van der Waals surface area contributed by atoms with Crippen molar-refractivity contribution < 1.29 is 0 Å². The van der Waals surface area contributed by atoms with Gasteiger partial charge in [0.2, 0.25) is 0 Å². The molecule has 3 rings (SSSR count). The van der Waals surface area contributed by atoms with Gasteiger partial charge in [0.05, 0.1) is 5.52 Å². The molecule has 2 N–H and O–H groups in total. The van der Waals surface area contributed by atoms with Crippen molar-refractivity contribution in [2.45, 2.75) is 13.5 Å². The maximum atomic E-state index is 6.11. The fourth-order valence-corrected chi connectivity index (χ4v) is 2.67. The van der Waals surface area contributed by atoms with E-state index in [1.807, 2.05) is 37.4 Å². The van der Waals surface area contributed by atoms with Gasteiger partial charge in [-0.15, -0.1) is 0 Å². The van der Waals surface area contributed by atoms with Gasteiger partial charge in [-0.2, -0.15) is 0 Å². The third-order valence-electron chi connectivity index (χ3n) is 3.57. The predicted molar refractivity (Wildman–Crippen MR) is 95.9 cm³/mol. The summed E-state index contributed by atoms with van der Waals surface area (Å²) >= 11 is 6.11. The number of pyridine rings is 2. The van der Waals surface area contributed by atoms with E-state index in [1.165, 1.54) is 5.56 Å². The Kier molecular flexibility index (Phi) is 5.05. The Hall–Kier alpha value is -2.17. The molecule has 0 atom stereocenters. The van der Waals surface area contributed by atoms with Crippen LogP contribution in [0.5, 0.6) is 0 Å². The molecule has 0 spiro atoms. The summed E-state index contributed by atoms with van der Waals surface area (Å²) in [6.07, 6.45) is 3.66. The molecule has 23 heavy (non-hydrogen) atoms. The number of hydrogen-bond donors (Lipinski definition) is 2. The van der Waals surface area contributed by atoms with Crippen molar-refractivity contribution in [3.05, 3.63) is 65.1 Å². The van der Waals surface area contributed by atoms with Crippen molar-refractivity contribution in [2.24, 2.45) is 0 Å². The van der Waals surface area contributed by atoms with E-state index in [-0.39, 0.29) is 0 Å². The van der Waals surface area contributed by atoms with Gasteiger partial charge in [-0.05, 0) is 42.8 Å². The molecule has 5 heteroatoms. The quantitative estimate of drug-likeness (QED) is 0.677. The van der Waals surface area contributed by atoms with Crippen LogP contribution in [0.1, 0.15) is 11.3 Å². The normalized spacial score (nSPS) is 10.9. The molecule has 0 radical (unpaired) electrons. The zero-order valence-electron chi connectivity index (χ0n) is 13.0. The first kappa shape index (κ1) is 15.7. The first-order valence-corrected chi connectivity index (χ1v) is 8.00.